The Labute approximate surface area is 302 Å². The Morgan fingerprint density at radius 2 is 1.64 bits per heavy atom. The molecule has 0 radical (unpaired) electrons. The lowest BCUT2D eigenvalue weighted by Gasteiger charge is -2.24. The van der Waals surface area contributed by atoms with E-state index in [1.165, 1.54) is 35.9 Å². The molecule has 4 aromatic rings. The van der Waals surface area contributed by atoms with E-state index in [-0.39, 0.29) is 55.8 Å². The molecular formula is C30H30Cl3N7O8S2. The van der Waals surface area contributed by atoms with Crippen molar-refractivity contribution in [2.75, 3.05) is 34.4 Å². The van der Waals surface area contributed by atoms with Gasteiger partial charge in [0.1, 0.15) is 16.4 Å². The van der Waals surface area contributed by atoms with Gasteiger partial charge in [0.2, 0.25) is 5.91 Å². The van der Waals surface area contributed by atoms with Crippen LogP contribution in [0.2, 0.25) is 15.1 Å². The summed E-state index contributed by atoms with van der Waals surface area (Å²) in [4.78, 5) is 26.3. The van der Waals surface area contributed by atoms with Crippen LogP contribution in [0, 0.1) is 6.92 Å². The van der Waals surface area contributed by atoms with Crippen molar-refractivity contribution in [2.45, 2.75) is 32.1 Å². The van der Waals surface area contributed by atoms with Gasteiger partial charge in [0.05, 0.1) is 32.1 Å². The van der Waals surface area contributed by atoms with Crippen LogP contribution in [0.5, 0.6) is 0 Å². The molecule has 0 bridgehead atoms. The molecule has 1 heterocycles. The van der Waals surface area contributed by atoms with Crippen LogP contribution in [0.25, 0.3) is 5.69 Å². The van der Waals surface area contributed by atoms with Crippen LogP contribution in [-0.2, 0) is 25.0 Å². The lowest BCUT2D eigenvalue weighted by atomic mass is 10.2. The molecule has 0 aliphatic carbocycles. The second-order valence-electron chi connectivity index (χ2n) is 10.7. The molecule has 20 heteroatoms. The average Bonchev–Trinajstić information content (AvgIpc) is 3.29. The Kier molecular flexibility index (Phi) is 12.3. The van der Waals surface area contributed by atoms with E-state index < -0.39 is 36.8 Å². The topological polar surface area (TPSA) is 213 Å². The third-order valence-corrected chi connectivity index (χ3v) is 9.64. The normalized spacial score (nSPS) is 11.9. The fourth-order valence-electron chi connectivity index (χ4n) is 4.69. The zero-order valence-electron chi connectivity index (χ0n) is 26.6. The quantitative estimate of drug-likeness (QED) is 0.0796. The van der Waals surface area contributed by atoms with Crippen molar-refractivity contribution in [1.29, 1.82) is 0 Å². The second kappa shape index (κ2) is 15.8. The van der Waals surface area contributed by atoms with Crippen LogP contribution >= 0.6 is 34.8 Å². The minimum atomic E-state index is -4.54. The fourth-order valence-corrected chi connectivity index (χ4v) is 6.51. The van der Waals surface area contributed by atoms with Gasteiger partial charge in [-0.1, -0.05) is 40.9 Å². The van der Waals surface area contributed by atoms with Crippen LogP contribution in [0.3, 0.4) is 0 Å². The molecule has 0 fully saturated rings. The molecule has 1 aromatic heterocycles. The standard InChI is InChI=1S/C30H30Cl3N7O8S2/c1-4-39(11-6-12-49(43,44)45)21-9-10-25(26(16-21)34-18(3)41)36-37-29-27(33)17(2)38-40(29)28-23(31)14-20(15-24(28)32)35-30(42)19-7-5-8-22(13-19)50(46,47)48/h5,7-10,13-16H,4,6,11-12H2,1-3H3,(H,34,41)(H,35,42)(H,43,44,45)(H,46,47,48). The van der Waals surface area contributed by atoms with Crippen molar-refractivity contribution in [1.82, 2.24) is 9.78 Å². The fraction of sp³-hybridized carbons (Fsp3) is 0.233. The number of amides is 2. The third-order valence-electron chi connectivity index (χ3n) is 6.97. The maximum absolute atomic E-state index is 12.8. The molecule has 4 N–H and O–H groups in total. The first-order chi connectivity index (χ1) is 23.4. The molecule has 0 aliphatic rings. The van der Waals surface area contributed by atoms with Crippen LogP contribution in [0.15, 0.2) is 69.7 Å². The van der Waals surface area contributed by atoms with Crippen LogP contribution in [-0.4, -0.2) is 66.4 Å². The summed E-state index contributed by atoms with van der Waals surface area (Å²) in [7, 11) is -8.65. The number of hydrogen-bond acceptors (Lipinski definition) is 10. The van der Waals surface area contributed by atoms with Gasteiger partial charge < -0.3 is 15.5 Å². The number of benzene rings is 3. The van der Waals surface area contributed by atoms with Crippen LogP contribution < -0.4 is 15.5 Å². The van der Waals surface area contributed by atoms with Crippen LogP contribution in [0.1, 0.15) is 36.3 Å². The predicted molar refractivity (Wildman–Crippen MR) is 191 cm³/mol. The number of aryl methyl sites for hydroxylation is 1. The Hall–Kier alpha value is -4.10. The molecule has 0 aliphatic heterocycles. The van der Waals surface area contributed by atoms with Crippen LogP contribution in [0.4, 0.5) is 28.6 Å². The summed E-state index contributed by atoms with van der Waals surface area (Å²) >= 11 is 19.8. The molecule has 0 spiro atoms. The highest BCUT2D eigenvalue weighted by Gasteiger charge is 2.22. The monoisotopic (exact) mass is 785 g/mol. The zero-order chi connectivity index (χ0) is 37.0. The Balaban J connectivity index is 1.66. The van der Waals surface area contributed by atoms with Gasteiger partial charge >= 0.3 is 0 Å². The highest BCUT2D eigenvalue weighted by atomic mass is 35.5. The summed E-state index contributed by atoms with van der Waals surface area (Å²) in [5.74, 6) is -1.46. The Morgan fingerprint density at radius 3 is 2.24 bits per heavy atom. The van der Waals surface area contributed by atoms with Gasteiger partial charge in [0.25, 0.3) is 26.1 Å². The number of nitrogens with zero attached hydrogens (tertiary/aromatic N) is 5. The molecule has 0 atom stereocenters. The van der Waals surface area contributed by atoms with Gasteiger partial charge in [-0.25, -0.2) is 4.68 Å². The van der Waals surface area contributed by atoms with E-state index in [0.29, 0.717) is 30.2 Å². The first kappa shape index (κ1) is 38.7. The Bertz CT molecular complexity index is 2190. The number of halogens is 3. The smallest absolute Gasteiger partial charge is 0.294 e. The van der Waals surface area contributed by atoms with Crippen molar-refractivity contribution >= 4 is 95.4 Å². The number of nitrogens with one attached hydrogen (secondary N) is 2. The highest BCUT2D eigenvalue weighted by Crippen LogP contribution is 2.40. The van der Waals surface area contributed by atoms with Gasteiger partial charge in [-0.2, -0.15) is 21.9 Å². The van der Waals surface area contributed by atoms with Crippen molar-refractivity contribution in [3.63, 3.8) is 0 Å². The lowest BCUT2D eigenvalue weighted by Crippen LogP contribution is -2.25. The summed E-state index contributed by atoms with van der Waals surface area (Å²) in [6.45, 7) is 5.63. The van der Waals surface area contributed by atoms with Crippen molar-refractivity contribution < 1.29 is 35.5 Å². The summed E-state index contributed by atoms with van der Waals surface area (Å²) in [6, 6.07) is 12.5. The van der Waals surface area contributed by atoms with E-state index in [0.717, 1.165) is 12.1 Å². The van der Waals surface area contributed by atoms with E-state index in [4.69, 9.17) is 39.4 Å². The van der Waals surface area contributed by atoms with Crippen molar-refractivity contribution in [3.05, 3.63) is 80.9 Å². The molecule has 4 rings (SSSR count). The minimum Gasteiger partial charge on any atom is -0.372 e. The molecule has 0 saturated heterocycles. The van der Waals surface area contributed by atoms with Crippen molar-refractivity contribution in [3.8, 4) is 5.69 Å². The second-order valence-corrected chi connectivity index (χ2v) is 14.9. The number of hydrogen-bond donors (Lipinski definition) is 4. The van der Waals surface area contributed by atoms with Gasteiger partial charge in [-0.15, -0.1) is 10.2 Å². The molecule has 15 nitrogen and oxygen atoms in total. The summed E-state index contributed by atoms with van der Waals surface area (Å²) in [5, 5.41) is 18.5. The van der Waals surface area contributed by atoms with E-state index >= 15 is 0 Å². The number of azo groups is 1. The van der Waals surface area contributed by atoms with Gasteiger partial charge in [-0.05, 0) is 68.8 Å². The molecule has 0 unspecified atom stereocenters. The highest BCUT2D eigenvalue weighted by molar-refractivity contribution is 7.86. The maximum atomic E-state index is 12.8. The molecule has 266 valence electrons. The summed E-state index contributed by atoms with van der Waals surface area (Å²) in [5.41, 5.74) is 1.79. The predicted octanol–water partition coefficient (Wildman–Crippen LogP) is 7.12. The number of aromatic nitrogens is 2. The SMILES string of the molecule is CCN(CCCS(=O)(=O)O)c1ccc(N=Nc2c(Cl)c(C)nn2-c2c(Cl)cc(NC(=O)c3cccc(S(=O)(=O)O)c3)cc2Cl)c(NC(C)=O)c1. The average molecular weight is 787 g/mol. The maximum Gasteiger partial charge on any atom is 0.294 e. The summed E-state index contributed by atoms with van der Waals surface area (Å²) < 4.78 is 64.9. The van der Waals surface area contributed by atoms with E-state index in [1.807, 2.05) is 11.8 Å². The largest absolute Gasteiger partial charge is 0.372 e. The first-order valence-electron chi connectivity index (χ1n) is 14.5. The van der Waals surface area contributed by atoms with Gasteiger partial charge in [0.15, 0.2) is 5.82 Å². The lowest BCUT2D eigenvalue weighted by molar-refractivity contribution is -0.114. The first-order valence-corrected chi connectivity index (χ1v) is 18.7. The Morgan fingerprint density at radius 1 is 0.960 bits per heavy atom. The number of carbonyl (C=O) groups excluding carboxylic acids is 2. The van der Waals surface area contributed by atoms with Crippen molar-refractivity contribution in [2.24, 2.45) is 10.2 Å². The molecule has 50 heavy (non-hydrogen) atoms. The molecule has 2 amide bonds. The number of anilines is 3. The minimum absolute atomic E-state index is 0.0204. The number of rotatable bonds is 13. The van der Waals surface area contributed by atoms with E-state index in [2.05, 4.69) is 26.0 Å². The van der Waals surface area contributed by atoms with Gasteiger partial charge in [-0.3, -0.25) is 18.7 Å². The molecular weight excluding hydrogens is 757 g/mol. The molecule has 3 aromatic carbocycles. The van der Waals surface area contributed by atoms with E-state index in [1.54, 1.807) is 25.1 Å². The molecule has 0 saturated carbocycles. The summed E-state index contributed by atoms with van der Waals surface area (Å²) in [6.07, 6.45) is 0.175. The van der Waals surface area contributed by atoms with E-state index in [9.17, 15) is 31.0 Å². The van der Waals surface area contributed by atoms with Gasteiger partial charge in [0, 0.05) is 37.0 Å². The third kappa shape index (κ3) is 9.78. The zero-order valence-corrected chi connectivity index (χ0v) is 30.5. The number of carbonyl (C=O) groups is 2.